The van der Waals surface area contributed by atoms with Crippen LogP contribution in [0.2, 0.25) is 0 Å². The molecule has 4 heteroatoms. The minimum atomic E-state index is -0.718. The number of halogens is 1. The Kier molecular flexibility index (Phi) is 11.0. The van der Waals surface area contributed by atoms with E-state index in [1.165, 1.54) is 0 Å². The summed E-state index contributed by atoms with van der Waals surface area (Å²) in [6.07, 6.45) is 0. The Labute approximate surface area is 76.4 Å². The zero-order valence-corrected chi connectivity index (χ0v) is 8.52. The van der Waals surface area contributed by atoms with Crippen LogP contribution in [-0.4, -0.2) is 17.0 Å². The summed E-state index contributed by atoms with van der Waals surface area (Å²) in [6.45, 7) is -0.568. The molecule has 0 aliphatic rings. The van der Waals surface area contributed by atoms with Gasteiger partial charge in [0.25, 0.3) is 0 Å². The van der Waals surface area contributed by atoms with E-state index in [0.717, 1.165) is 0 Å². The summed E-state index contributed by atoms with van der Waals surface area (Å²) in [4.78, 5) is 9.33. The van der Waals surface area contributed by atoms with Gasteiger partial charge in [-0.05, 0) is 11.6 Å². The molecule has 1 radical (unpaired) electrons. The predicted octanol–water partition coefficient (Wildman–Crippen LogP) is -0.256. The fraction of sp³-hybridized carbons (Fsp3) is 0.500. The number of hydrogen-bond donors (Lipinski definition) is 1. The number of hydrogen-bond acceptors (Lipinski definition) is 2. The number of aliphatic hydroxyl groups is 1. The molecule has 1 N–H and O–H groups in total. The molecule has 2 nitrogen and oxygen atoms in total. The van der Waals surface area contributed by atoms with Gasteiger partial charge in [0.2, 0.25) is 5.24 Å². The molecule has 0 unspecified atom stereocenters. The summed E-state index contributed by atoms with van der Waals surface area (Å²) in [5.41, 5.74) is 0. The first kappa shape index (κ1) is 10.4. The molecule has 0 atom stereocenters. The molecule has 0 bridgehead atoms. The van der Waals surface area contributed by atoms with Crippen LogP contribution in [-0.2, 0) is 4.79 Å². The molecule has 0 rings (SSSR count). The van der Waals surface area contributed by atoms with Crippen LogP contribution in [0.1, 0.15) is 0 Å². The van der Waals surface area contributed by atoms with Crippen LogP contribution in [0.25, 0.3) is 0 Å². The molecule has 0 heterocycles. The SMILES string of the molecule is O=C(Cl)CO.[Ac]. The summed E-state index contributed by atoms with van der Waals surface area (Å²) in [5.74, 6) is 0. The summed E-state index contributed by atoms with van der Waals surface area (Å²) < 4.78 is 0. The molecule has 0 aromatic carbocycles. The molecule has 0 aliphatic carbocycles. The van der Waals surface area contributed by atoms with E-state index >= 15 is 0 Å². The summed E-state index contributed by atoms with van der Waals surface area (Å²) >= 11 is 4.57. The zero-order chi connectivity index (χ0) is 4.28. The van der Waals surface area contributed by atoms with Gasteiger partial charge in [0.1, 0.15) is 6.61 Å². The van der Waals surface area contributed by atoms with Crippen molar-refractivity contribution in [2.45, 2.75) is 0 Å². The first-order chi connectivity index (χ1) is 2.27. The van der Waals surface area contributed by atoms with E-state index in [1.54, 1.807) is 0 Å². The van der Waals surface area contributed by atoms with E-state index in [0.29, 0.717) is 0 Å². The molecule has 0 aromatic rings. The second-order valence-corrected chi connectivity index (χ2v) is 0.935. The number of aliphatic hydroxyl groups excluding tert-OH is 1. The van der Waals surface area contributed by atoms with E-state index in [1.807, 2.05) is 0 Å². The zero-order valence-electron chi connectivity index (χ0n) is 3.02. The van der Waals surface area contributed by atoms with Crippen LogP contribution >= 0.6 is 11.6 Å². The van der Waals surface area contributed by atoms with Gasteiger partial charge >= 0.3 is 0 Å². The molecular formula is C2H3AcClO2. The van der Waals surface area contributed by atoms with Crippen LogP contribution in [0.3, 0.4) is 0 Å². The van der Waals surface area contributed by atoms with Crippen molar-refractivity contribution in [3.8, 4) is 0 Å². The van der Waals surface area contributed by atoms with Crippen molar-refractivity contribution in [1.82, 2.24) is 0 Å². The largest absolute Gasteiger partial charge is 0.387 e. The van der Waals surface area contributed by atoms with Crippen molar-refractivity contribution >= 4 is 16.8 Å². The Morgan fingerprint density at radius 2 is 2.00 bits per heavy atom. The molecule has 0 saturated carbocycles. The predicted molar refractivity (Wildman–Crippen MR) is 17.9 cm³/mol. The van der Waals surface area contributed by atoms with Gasteiger partial charge in [-0.2, -0.15) is 0 Å². The van der Waals surface area contributed by atoms with Crippen molar-refractivity contribution in [3.05, 3.63) is 0 Å². The average Bonchev–Trinajstić information content (AvgIpc) is 1.38. The quantitative estimate of drug-likeness (QED) is 0.676. The van der Waals surface area contributed by atoms with Gasteiger partial charge in [0, 0.05) is 44.1 Å². The minimum absolute atomic E-state index is 0. The van der Waals surface area contributed by atoms with Gasteiger partial charge < -0.3 is 5.11 Å². The van der Waals surface area contributed by atoms with Crippen molar-refractivity contribution in [2.24, 2.45) is 0 Å². The molecule has 0 amide bonds. The van der Waals surface area contributed by atoms with Gasteiger partial charge in [-0.25, -0.2) is 0 Å². The first-order valence-corrected chi connectivity index (χ1v) is 1.44. The Morgan fingerprint density at radius 3 is 2.00 bits per heavy atom. The van der Waals surface area contributed by atoms with Crippen LogP contribution in [0.4, 0.5) is 0 Å². The second kappa shape index (κ2) is 6.36. The standard InChI is InChI=1S/C2H3ClO2.Ac/c3-2(5)1-4;/h4H,1H2;. The van der Waals surface area contributed by atoms with E-state index in [4.69, 9.17) is 5.11 Å². The summed E-state index contributed by atoms with van der Waals surface area (Å²) in [5, 5.41) is 6.94. The third-order valence-corrected chi connectivity index (χ3v) is 0.244. The Hall–Kier alpha value is 1.36. The normalized spacial score (nSPS) is 6.33. The molecule has 6 heavy (non-hydrogen) atoms. The van der Waals surface area contributed by atoms with Gasteiger partial charge in [0.15, 0.2) is 0 Å². The number of carbonyl (C=O) groups excluding carboxylic acids is 1. The molecule has 0 fully saturated rings. The Morgan fingerprint density at radius 1 is 1.83 bits per heavy atom. The van der Waals surface area contributed by atoms with Crippen LogP contribution < -0.4 is 0 Å². The van der Waals surface area contributed by atoms with E-state index in [9.17, 15) is 4.79 Å². The molecule has 0 spiro atoms. The molecule has 33 valence electrons. The van der Waals surface area contributed by atoms with Crippen molar-refractivity contribution in [3.63, 3.8) is 0 Å². The van der Waals surface area contributed by atoms with Crippen LogP contribution in [0, 0.1) is 44.1 Å². The Balaban J connectivity index is 0. The number of carbonyl (C=O) groups is 1. The van der Waals surface area contributed by atoms with E-state index in [-0.39, 0.29) is 44.1 Å². The van der Waals surface area contributed by atoms with Crippen molar-refractivity contribution < 1.29 is 54.0 Å². The van der Waals surface area contributed by atoms with Crippen LogP contribution in [0.5, 0.6) is 0 Å². The van der Waals surface area contributed by atoms with Crippen molar-refractivity contribution in [2.75, 3.05) is 6.61 Å². The first-order valence-electron chi connectivity index (χ1n) is 1.06. The maximum atomic E-state index is 9.33. The maximum absolute atomic E-state index is 9.33. The van der Waals surface area contributed by atoms with E-state index in [2.05, 4.69) is 11.6 Å². The van der Waals surface area contributed by atoms with Crippen molar-refractivity contribution in [1.29, 1.82) is 0 Å². The topological polar surface area (TPSA) is 37.3 Å². The third-order valence-electron chi connectivity index (χ3n) is 0.124. The smallest absolute Gasteiger partial charge is 0.247 e. The summed E-state index contributed by atoms with van der Waals surface area (Å²) in [6, 6.07) is 0. The molecule has 0 saturated heterocycles. The maximum Gasteiger partial charge on any atom is 0.247 e. The fourth-order valence-electron chi connectivity index (χ4n) is 0. The van der Waals surface area contributed by atoms with E-state index < -0.39 is 11.8 Å². The van der Waals surface area contributed by atoms with Gasteiger partial charge in [-0.15, -0.1) is 0 Å². The van der Waals surface area contributed by atoms with Crippen LogP contribution in [0.15, 0.2) is 0 Å². The molecular weight excluding hydrogens is 318 g/mol. The third kappa shape index (κ3) is 9.03. The second-order valence-electron chi connectivity index (χ2n) is 0.513. The van der Waals surface area contributed by atoms with Gasteiger partial charge in [0.05, 0.1) is 0 Å². The summed E-state index contributed by atoms with van der Waals surface area (Å²) in [7, 11) is 0. The molecule has 0 aromatic heterocycles. The van der Waals surface area contributed by atoms with Gasteiger partial charge in [-0.1, -0.05) is 0 Å². The molecule has 0 aliphatic heterocycles. The number of rotatable bonds is 1. The average molecular weight is 321 g/mol. The monoisotopic (exact) mass is 321 g/mol. The minimum Gasteiger partial charge on any atom is -0.387 e. The van der Waals surface area contributed by atoms with Gasteiger partial charge in [-0.3, -0.25) is 4.79 Å². The Bertz CT molecular complexity index is 46.8. The fourth-order valence-corrected chi connectivity index (χ4v) is 0.